The smallest absolute Gasteiger partial charge is 0.338 e. The number of sulfonamides is 1. The first-order chi connectivity index (χ1) is 9.77. The molecule has 1 unspecified atom stereocenters. The van der Waals surface area contributed by atoms with Crippen LogP contribution in [0, 0.1) is 5.82 Å². The first-order valence-corrected chi connectivity index (χ1v) is 9.04. The van der Waals surface area contributed by atoms with Gasteiger partial charge in [0.05, 0.1) is 10.5 Å². The number of hydrogen-bond donors (Lipinski definition) is 2. The second-order valence-corrected chi connectivity index (χ2v) is 7.56. The van der Waals surface area contributed by atoms with Crippen LogP contribution in [0.1, 0.15) is 30.6 Å². The third-order valence-corrected chi connectivity index (χ3v) is 5.25. The summed E-state index contributed by atoms with van der Waals surface area (Å²) in [5, 5.41) is 8.82. The molecule has 0 aliphatic carbocycles. The molecule has 1 aromatic rings. The van der Waals surface area contributed by atoms with E-state index in [0.29, 0.717) is 6.42 Å². The molecular weight excluding hydrogens is 317 g/mol. The zero-order chi connectivity index (χ0) is 16.0. The molecule has 1 rings (SSSR count). The molecule has 2 N–H and O–H groups in total. The largest absolute Gasteiger partial charge is 0.478 e. The number of hydrogen-bond acceptors (Lipinski definition) is 4. The minimum Gasteiger partial charge on any atom is -0.478 e. The minimum atomic E-state index is -3.86. The molecule has 0 heterocycles. The maximum atomic E-state index is 13.3. The molecule has 0 radical (unpaired) electrons. The number of carbonyl (C=O) groups is 1. The summed E-state index contributed by atoms with van der Waals surface area (Å²) in [7, 11) is -3.86. The Morgan fingerprint density at radius 2 is 2.14 bits per heavy atom. The molecule has 0 aliphatic heterocycles. The lowest BCUT2D eigenvalue weighted by Crippen LogP contribution is -2.33. The second kappa shape index (κ2) is 7.77. The van der Waals surface area contributed by atoms with Crippen LogP contribution >= 0.6 is 11.8 Å². The van der Waals surface area contributed by atoms with Gasteiger partial charge in [0, 0.05) is 6.04 Å². The number of nitrogens with one attached hydrogen (secondary N) is 1. The fourth-order valence-electron chi connectivity index (χ4n) is 1.63. The van der Waals surface area contributed by atoms with Crippen LogP contribution in [0.3, 0.4) is 0 Å². The van der Waals surface area contributed by atoms with Crippen molar-refractivity contribution in [2.45, 2.75) is 31.2 Å². The zero-order valence-electron chi connectivity index (χ0n) is 11.8. The third-order valence-electron chi connectivity index (χ3n) is 2.73. The Balaban J connectivity index is 2.88. The van der Waals surface area contributed by atoms with E-state index in [1.165, 1.54) is 0 Å². The Kier molecular flexibility index (Phi) is 6.63. The maximum Gasteiger partial charge on any atom is 0.338 e. The lowest BCUT2D eigenvalue weighted by molar-refractivity contribution is 0.0691. The van der Waals surface area contributed by atoms with E-state index in [2.05, 4.69) is 4.72 Å². The summed E-state index contributed by atoms with van der Waals surface area (Å²) in [5.74, 6) is -0.686. The van der Waals surface area contributed by atoms with Crippen molar-refractivity contribution in [1.82, 2.24) is 4.72 Å². The molecule has 0 fully saturated rings. The number of halogens is 1. The van der Waals surface area contributed by atoms with Gasteiger partial charge in [0.25, 0.3) is 0 Å². The molecule has 118 valence electrons. The van der Waals surface area contributed by atoms with Crippen molar-refractivity contribution < 1.29 is 22.7 Å². The number of aromatic carboxylic acids is 1. The molecule has 0 saturated heterocycles. The Labute approximate surface area is 128 Å². The van der Waals surface area contributed by atoms with Crippen LogP contribution in [0.2, 0.25) is 0 Å². The molecule has 0 aromatic heterocycles. The van der Waals surface area contributed by atoms with Crippen LogP contribution in [-0.4, -0.2) is 37.0 Å². The Bertz CT molecular complexity index is 604. The summed E-state index contributed by atoms with van der Waals surface area (Å²) in [6, 6.07) is 2.44. The number of benzene rings is 1. The van der Waals surface area contributed by atoms with Crippen molar-refractivity contribution in [2.24, 2.45) is 0 Å². The molecule has 0 bridgehead atoms. The van der Waals surface area contributed by atoms with E-state index in [9.17, 15) is 17.6 Å². The molecule has 0 spiro atoms. The first-order valence-electron chi connectivity index (χ1n) is 6.41. The summed E-state index contributed by atoms with van der Waals surface area (Å²) in [6.07, 6.45) is 0.657. The van der Waals surface area contributed by atoms with Gasteiger partial charge in [-0.3, -0.25) is 0 Å². The van der Waals surface area contributed by atoms with Gasteiger partial charge in [-0.2, -0.15) is 11.8 Å². The lowest BCUT2D eigenvalue weighted by Gasteiger charge is -2.14. The molecule has 0 aliphatic rings. The van der Waals surface area contributed by atoms with Gasteiger partial charge in [-0.15, -0.1) is 0 Å². The fraction of sp³-hybridized carbons (Fsp3) is 0.462. The fourth-order valence-corrected chi connectivity index (χ4v) is 3.74. The minimum absolute atomic E-state index is 0.253. The van der Waals surface area contributed by atoms with Crippen LogP contribution in [0.25, 0.3) is 0 Å². The van der Waals surface area contributed by atoms with Crippen molar-refractivity contribution in [3.05, 3.63) is 29.6 Å². The van der Waals surface area contributed by atoms with Gasteiger partial charge >= 0.3 is 5.97 Å². The summed E-state index contributed by atoms with van der Waals surface area (Å²) in [4.78, 5) is 10.6. The van der Waals surface area contributed by atoms with Gasteiger partial charge in [-0.25, -0.2) is 22.3 Å². The van der Waals surface area contributed by atoms with Crippen molar-refractivity contribution >= 4 is 27.8 Å². The molecule has 21 heavy (non-hydrogen) atoms. The summed E-state index contributed by atoms with van der Waals surface area (Å²) >= 11 is 1.70. The van der Waals surface area contributed by atoms with Gasteiger partial charge in [0.2, 0.25) is 10.0 Å². The predicted octanol–water partition coefficient (Wildman–Crippen LogP) is 2.33. The van der Waals surface area contributed by atoms with Gasteiger partial charge in [-0.1, -0.05) is 6.92 Å². The Morgan fingerprint density at radius 1 is 1.48 bits per heavy atom. The van der Waals surface area contributed by atoms with E-state index in [4.69, 9.17) is 5.11 Å². The summed E-state index contributed by atoms with van der Waals surface area (Å²) < 4.78 is 40.0. The topological polar surface area (TPSA) is 83.5 Å². The SMILES string of the molecule is CCSCCC(C)NS(=O)(=O)c1ccc(F)c(C(=O)O)c1. The molecule has 5 nitrogen and oxygen atoms in total. The monoisotopic (exact) mass is 335 g/mol. The number of carboxylic acids is 1. The highest BCUT2D eigenvalue weighted by Gasteiger charge is 2.20. The highest BCUT2D eigenvalue weighted by atomic mass is 32.2. The van der Waals surface area contributed by atoms with Gasteiger partial charge in [-0.05, 0) is 43.0 Å². The number of rotatable bonds is 8. The van der Waals surface area contributed by atoms with Crippen molar-refractivity contribution in [3.8, 4) is 0 Å². The molecule has 1 atom stereocenters. The quantitative estimate of drug-likeness (QED) is 0.713. The second-order valence-electron chi connectivity index (χ2n) is 4.45. The molecule has 8 heteroatoms. The number of thioether (sulfide) groups is 1. The van der Waals surface area contributed by atoms with E-state index in [1.54, 1.807) is 18.7 Å². The van der Waals surface area contributed by atoms with Crippen molar-refractivity contribution in [3.63, 3.8) is 0 Å². The average Bonchev–Trinajstić information content (AvgIpc) is 2.38. The standard InChI is InChI=1S/C13H18FNO4S2/c1-3-20-7-6-9(2)15-21(18,19)10-4-5-12(14)11(8-10)13(16)17/h4-5,8-9,15H,3,6-7H2,1-2H3,(H,16,17). The van der Waals surface area contributed by atoms with Crippen LogP contribution in [0.4, 0.5) is 4.39 Å². The predicted molar refractivity (Wildman–Crippen MR) is 80.8 cm³/mol. The summed E-state index contributed by atoms with van der Waals surface area (Å²) in [5.41, 5.74) is -0.660. The van der Waals surface area contributed by atoms with Crippen LogP contribution in [0.15, 0.2) is 23.1 Å². The molecular formula is C13H18FNO4S2. The number of carboxylic acid groups (broad SMARTS) is 1. The van der Waals surface area contributed by atoms with E-state index >= 15 is 0 Å². The van der Waals surface area contributed by atoms with E-state index in [0.717, 1.165) is 29.7 Å². The average molecular weight is 335 g/mol. The highest BCUT2D eigenvalue weighted by molar-refractivity contribution is 7.99. The van der Waals surface area contributed by atoms with E-state index in [1.807, 2.05) is 6.92 Å². The Morgan fingerprint density at radius 3 is 2.71 bits per heavy atom. The molecule has 0 amide bonds. The summed E-state index contributed by atoms with van der Waals surface area (Å²) in [6.45, 7) is 3.75. The highest BCUT2D eigenvalue weighted by Crippen LogP contribution is 2.16. The van der Waals surface area contributed by atoms with Gasteiger partial charge < -0.3 is 5.11 Å². The first kappa shape index (κ1) is 17.9. The lowest BCUT2D eigenvalue weighted by atomic mass is 10.2. The van der Waals surface area contributed by atoms with Crippen LogP contribution < -0.4 is 4.72 Å². The molecule has 1 aromatic carbocycles. The van der Waals surface area contributed by atoms with Crippen LogP contribution in [-0.2, 0) is 10.0 Å². The normalized spacial score (nSPS) is 13.1. The van der Waals surface area contributed by atoms with E-state index < -0.39 is 27.4 Å². The van der Waals surface area contributed by atoms with Crippen molar-refractivity contribution in [2.75, 3.05) is 11.5 Å². The Hall–Kier alpha value is -1.12. The van der Waals surface area contributed by atoms with Crippen LogP contribution in [0.5, 0.6) is 0 Å². The van der Waals surface area contributed by atoms with E-state index in [-0.39, 0.29) is 10.9 Å². The van der Waals surface area contributed by atoms with Gasteiger partial charge in [0.15, 0.2) is 0 Å². The third kappa shape index (κ3) is 5.29. The van der Waals surface area contributed by atoms with Crippen molar-refractivity contribution in [1.29, 1.82) is 0 Å². The zero-order valence-corrected chi connectivity index (χ0v) is 13.4. The maximum absolute atomic E-state index is 13.3. The van der Waals surface area contributed by atoms with Gasteiger partial charge in [0.1, 0.15) is 5.82 Å². The molecule has 0 saturated carbocycles.